The molecule has 1 amide bonds. The predicted molar refractivity (Wildman–Crippen MR) is 71.0 cm³/mol. The molecule has 1 fully saturated rings. The Bertz CT molecular complexity index is 393. The minimum Gasteiger partial charge on any atom is -0.388 e. The Morgan fingerprint density at radius 2 is 2.06 bits per heavy atom. The van der Waals surface area contributed by atoms with E-state index in [0.717, 1.165) is 24.8 Å². The summed E-state index contributed by atoms with van der Waals surface area (Å²) in [6.07, 6.45) is 3.73. The third-order valence-corrected chi connectivity index (χ3v) is 3.96. The number of nitrogens with one attached hydrogen (secondary N) is 1. The fraction of sp³-hybridized carbons (Fsp3) is 0.533. The van der Waals surface area contributed by atoms with Crippen molar-refractivity contribution in [2.75, 3.05) is 0 Å². The van der Waals surface area contributed by atoms with Crippen LogP contribution >= 0.6 is 0 Å². The zero-order valence-electron chi connectivity index (χ0n) is 10.9. The van der Waals surface area contributed by atoms with Gasteiger partial charge in [0.1, 0.15) is 0 Å². The monoisotopic (exact) mass is 247 g/mol. The molecule has 1 aromatic carbocycles. The van der Waals surface area contributed by atoms with Gasteiger partial charge in [0.2, 0.25) is 5.91 Å². The van der Waals surface area contributed by atoms with Crippen molar-refractivity contribution in [1.82, 2.24) is 5.32 Å². The maximum absolute atomic E-state index is 11.9. The lowest BCUT2D eigenvalue weighted by atomic mass is 9.74. The lowest BCUT2D eigenvalue weighted by Gasteiger charge is -2.42. The van der Waals surface area contributed by atoms with Gasteiger partial charge in [-0.2, -0.15) is 0 Å². The topological polar surface area (TPSA) is 49.3 Å². The minimum atomic E-state index is -0.708. The lowest BCUT2D eigenvalue weighted by Crippen LogP contribution is -2.53. The molecule has 0 radical (unpaired) electrons. The van der Waals surface area contributed by atoms with Gasteiger partial charge in [-0.1, -0.05) is 37.3 Å². The second-order valence-corrected chi connectivity index (χ2v) is 5.17. The van der Waals surface area contributed by atoms with Gasteiger partial charge in [-0.05, 0) is 31.2 Å². The van der Waals surface area contributed by atoms with E-state index in [-0.39, 0.29) is 17.9 Å². The average Bonchev–Trinajstić information content (AvgIpc) is 2.35. The second kappa shape index (κ2) is 5.53. The van der Waals surface area contributed by atoms with Gasteiger partial charge in [0, 0.05) is 5.54 Å². The standard InChI is InChI=1S/C15H21NO2/c1-2-15(9-6-10-15)16-14(18)11-13(17)12-7-4-3-5-8-12/h3-5,7-8,13,17H,2,6,9-11H2,1H3,(H,16,18). The van der Waals surface area contributed by atoms with Crippen LogP contribution in [0.5, 0.6) is 0 Å². The Kier molecular flexibility index (Phi) is 4.02. The SMILES string of the molecule is CCC1(NC(=O)CC(O)c2ccccc2)CCC1. The van der Waals surface area contributed by atoms with E-state index in [1.807, 2.05) is 30.3 Å². The number of carbonyl (C=O) groups is 1. The van der Waals surface area contributed by atoms with Crippen molar-refractivity contribution in [3.8, 4) is 0 Å². The van der Waals surface area contributed by atoms with Crippen LogP contribution in [-0.4, -0.2) is 16.6 Å². The van der Waals surface area contributed by atoms with Gasteiger partial charge in [-0.15, -0.1) is 0 Å². The highest BCUT2D eigenvalue weighted by Gasteiger charge is 2.36. The van der Waals surface area contributed by atoms with Crippen LogP contribution in [0.1, 0.15) is 50.7 Å². The summed E-state index contributed by atoms with van der Waals surface area (Å²) < 4.78 is 0. The van der Waals surface area contributed by atoms with Crippen LogP contribution in [0.3, 0.4) is 0 Å². The Morgan fingerprint density at radius 1 is 1.39 bits per heavy atom. The zero-order valence-corrected chi connectivity index (χ0v) is 10.9. The van der Waals surface area contributed by atoms with Crippen LogP contribution in [0.2, 0.25) is 0 Å². The highest BCUT2D eigenvalue weighted by Crippen LogP contribution is 2.34. The molecule has 98 valence electrons. The molecule has 0 aromatic heterocycles. The number of amides is 1. The molecule has 0 aliphatic heterocycles. The molecule has 1 unspecified atom stereocenters. The summed E-state index contributed by atoms with van der Waals surface area (Å²) >= 11 is 0. The quantitative estimate of drug-likeness (QED) is 0.840. The first-order chi connectivity index (χ1) is 8.65. The van der Waals surface area contributed by atoms with Crippen molar-refractivity contribution >= 4 is 5.91 Å². The number of aliphatic hydroxyl groups excluding tert-OH is 1. The zero-order chi connectivity index (χ0) is 13.0. The molecule has 1 aliphatic rings. The molecule has 3 nitrogen and oxygen atoms in total. The van der Waals surface area contributed by atoms with Crippen LogP contribution in [-0.2, 0) is 4.79 Å². The van der Waals surface area contributed by atoms with Crippen molar-refractivity contribution < 1.29 is 9.90 Å². The molecule has 1 atom stereocenters. The second-order valence-electron chi connectivity index (χ2n) is 5.17. The molecule has 2 N–H and O–H groups in total. The number of benzene rings is 1. The Hall–Kier alpha value is -1.35. The molecule has 0 bridgehead atoms. The Balaban J connectivity index is 1.88. The highest BCUT2D eigenvalue weighted by atomic mass is 16.3. The molecule has 0 spiro atoms. The Labute approximate surface area is 108 Å². The minimum absolute atomic E-state index is 0.00743. The van der Waals surface area contributed by atoms with Gasteiger partial charge in [0.25, 0.3) is 0 Å². The van der Waals surface area contributed by atoms with Gasteiger partial charge < -0.3 is 10.4 Å². The summed E-state index contributed by atoms with van der Waals surface area (Å²) in [6.45, 7) is 2.10. The molecule has 1 aromatic rings. The largest absolute Gasteiger partial charge is 0.388 e. The first-order valence-electron chi connectivity index (χ1n) is 6.69. The summed E-state index contributed by atoms with van der Waals surface area (Å²) in [5.74, 6) is -0.0482. The Morgan fingerprint density at radius 3 is 2.56 bits per heavy atom. The number of carbonyl (C=O) groups excluding carboxylic acids is 1. The summed E-state index contributed by atoms with van der Waals surface area (Å²) in [6, 6.07) is 9.33. The average molecular weight is 247 g/mol. The molecule has 0 saturated heterocycles. The van der Waals surface area contributed by atoms with E-state index in [4.69, 9.17) is 0 Å². The van der Waals surface area contributed by atoms with E-state index in [0.29, 0.717) is 0 Å². The summed E-state index contributed by atoms with van der Waals surface area (Å²) in [4.78, 5) is 11.9. The molecular formula is C15H21NO2. The fourth-order valence-electron chi connectivity index (χ4n) is 2.49. The van der Waals surface area contributed by atoms with E-state index >= 15 is 0 Å². The summed E-state index contributed by atoms with van der Waals surface area (Å²) in [7, 11) is 0. The van der Waals surface area contributed by atoms with Crippen molar-refractivity contribution in [2.24, 2.45) is 0 Å². The van der Waals surface area contributed by atoms with Crippen LogP contribution < -0.4 is 5.32 Å². The van der Waals surface area contributed by atoms with Crippen LogP contribution in [0.4, 0.5) is 0 Å². The van der Waals surface area contributed by atoms with E-state index in [1.165, 1.54) is 6.42 Å². The summed E-state index contributed by atoms with van der Waals surface area (Å²) in [5, 5.41) is 13.1. The molecule has 1 saturated carbocycles. The van der Waals surface area contributed by atoms with Gasteiger partial charge in [-0.3, -0.25) is 4.79 Å². The lowest BCUT2D eigenvalue weighted by molar-refractivity contribution is -0.126. The number of hydrogen-bond acceptors (Lipinski definition) is 2. The van der Waals surface area contributed by atoms with Gasteiger partial charge >= 0.3 is 0 Å². The molecule has 18 heavy (non-hydrogen) atoms. The molecule has 2 rings (SSSR count). The van der Waals surface area contributed by atoms with Crippen LogP contribution in [0.15, 0.2) is 30.3 Å². The van der Waals surface area contributed by atoms with Crippen molar-refractivity contribution in [3.05, 3.63) is 35.9 Å². The predicted octanol–water partition coefficient (Wildman–Crippen LogP) is 2.56. The summed E-state index contributed by atoms with van der Waals surface area (Å²) in [5.41, 5.74) is 0.805. The first-order valence-corrected chi connectivity index (χ1v) is 6.69. The first kappa shape index (κ1) is 13.1. The fourth-order valence-corrected chi connectivity index (χ4v) is 2.49. The smallest absolute Gasteiger partial charge is 0.223 e. The molecule has 3 heteroatoms. The van der Waals surface area contributed by atoms with Crippen molar-refractivity contribution in [2.45, 2.75) is 50.7 Å². The maximum Gasteiger partial charge on any atom is 0.223 e. The third kappa shape index (κ3) is 2.91. The van der Waals surface area contributed by atoms with Crippen molar-refractivity contribution in [3.63, 3.8) is 0 Å². The number of hydrogen-bond donors (Lipinski definition) is 2. The normalized spacial score (nSPS) is 18.8. The van der Waals surface area contributed by atoms with E-state index < -0.39 is 6.10 Å². The van der Waals surface area contributed by atoms with Gasteiger partial charge in [0.15, 0.2) is 0 Å². The van der Waals surface area contributed by atoms with Crippen LogP contribution in [0, 0.1) is 0 Å². The molecular weight excluding hydrogens is 226 g/mol. The maximum atomic E-state index is 11.9. The molecule has 1 aliphatic carbocycles. The van der Waals surface area contributed by atoms with E-state index in [2.05, 4.69) is 12.2 Å². The third-order valence-electron chi connectivity index (χ3n) is 3.96. The number of rotatable bonds is 5. The van der Waals surface area contributed by atoms with Crippen LogP contribution in [0.25, 0.3) is 0 Å². The van der Waals surface area contributed by atoms with E-state index in [1.54, 1.807) is 0 Å². The van der Waals surface area contributed by atoms with E-state index in [9.17, 15) is 9.90 Å². The van der Waals surface area contributed by atoms with Gasteiger partial charge in [-0.25, -0.2) is 0 Å². The molecule has 0 heterocycles. The number of aliphatic hydroxyl groups is 1. The van der Waals surface area contributed by atoms with Gasteiger partial charge in [0.05, 0.1) is 12.5 Å². The highest BCUT2D eigenvalue weighted by molar-refractivity contribution is 5.77. The van der Waals surface area contributed by atoms with Crippen molar-refractivity contribution in [1.29, 1.82) is 0 Å².